The Labute approximate surface area is 131 Å². The van der Waals surface area contributed by atoms with Crippen LogP contribution in [-0.4, -0.2) is 50.3 Å². The standard InChI is InChI=1S/2C8H11NO2/c2*1-3-6-4-5-7(9-6)8(10)11-2/h2*1,6-7,9H,4-5H2,2H3/t6-,7+;6-,7-/m10/s1. The van der Waals surface area contributed by atoms with Crippen LogP contribution in [-0.2, 0) is 19.1 Å². The van der Waals surface area contributed by atoms with Gasteiger partial charge in [0.05, 0.1) is 26.3 Å². The van der Waals surface area contributed by atoms with Crippen LogP contribution in [0.3, 0.4) is 0 Å². The highest BCUT2D eigenvalue weighted by Gasteiger charge is 2.28. The van der Waals surface area contributed by atoms with Gasteiger partial charge in [0.1, 0.15) is 12.1 Å². The van der Waals surface area contributed by atoms with Crippen molar-refractivity contribution in [2.75, 3.05) is 14.2 Å². The van der Waals surface area contributed by atoms with Crippen LogP contribution in [0.15, 0.2) is 0 Å². The monoisotopic (exact) mass is 306 g/mol. The van der Waals surface area contributed by atoms with Crippen molar-refractivity contribution < 1.29 is 19.1 Å². The van der Waals surface area contributed by atoms with Gasteiger partial charge >= 0.3 is 11.9 Å². The number of hydrogen-bond donors (Lipinski definition) is 2. The first kappa shape index (κ1) is 18.0. The number of rotatable bonds is 2. The maximum atomic E-state index is 10.9. The predicted octanol–water partition coefficient (Wildman–Crippen LogP) is -0.174. The van der Waals surface area contributed by atoms with Gasteiger partial charge in [0.15, 0.2) is 0 Å². The Balaban J connectivity index is 0.000000220. The van der Waals surface area contributed by atoms with E-state index in [0.29, 0.717) is 0 Å². The second-order valence-electron chi connectivity index (χ2n) is 5.08. The molecule has 2 saturated heterocycles. The number of carbonyl (C=O) groups excluding carboxylic acids is 2. The molecule has 0 bridgehead atoms. The zero-order valence-electron chi connectivity index (χ0n) is 12.9. The van der Waals surface area contributed by atoms with Crippen LogP contribution in [0.1, 0.15) is 25.7 Å². The smallest absolute Gasteiger partial charge is 0.322 e. The minimum absolute atomic E-state index is 0.0408. The number of terminal acetylenes is 2. The Bertz CT molecular complexity index is 434. The lowest BCUT2D eigenvalue weighted by Crippen LogP contribution is -2.35. The molecule has 22 heavy (non-hydrogen) atoms. The van der Waals surface area contributed by atoms with Gasteiger partial charge in [-0.2, -0.15) is 0 Å². The number of methoxy groups -OCH3 is 2. The summed E-state index contributed by atoms with van der Waals surface area (Å²) < 4.78 is 9.11. The Hall–Kier alpha value is -2.02. The van der Waals surface area contributed by atoms with Gasteiger partial charge in [-0.3, -0.25) is 20.2 Å². The van der Waals surface area contributed by atoms with Gasteiger partial charge in [-0.15, -0.1) is 12.8 Å². The van der Waals surface area contributed by atoms with Crippen molar-refractivity contribution in [2.45, 2.75) is 49.9 Å². The molecule has 2 fully saturated rings. The highest BCUT2D eigenvalue weighted by atomic mass is 16.5. The van der Waals surface area contributed by atoms with E-state index in [1.54, 1.807) is 0 Å². The first-order valence-corrected chi connectivity index (χ1v) is 7.15. The number of esters is 2. The molecule has 2 heterocycles. The number of ether oxygens (including phenoxy) is 2. The van der Waals surface area contributed by atoms with Gasteiger partial charge in [-0.25, -0.2) is 0 Å². The molecule has 2 rings (SSSR count). The fraction of sp³-hybridized carbons (Fsp3) is 0.625. The molecule has 0 aromatic carbocycles. The number of nitrogens with one attached hydrogen (secondary N) is 2. The molecule has 2 aliphatic heterocycles. The van der Waals surface area contributed by atoms with E-state index in [4.69, 9.17) is 12.8 Å². The number of hydrogen-bond acceptors (Lipinski definition) is 6. The maximum Gasteiger partial charge on any atom is 0.322 e. The van der Waals surface area contributed by atoms with Crippen molar-refractivity contribution in [3.8, 4) is 24.7 Å². The highest BCUT2D eigenvalue weighted by Crippen LogP contribution is 2.12. The molecule has 120 valence electrons. The summed E-state index contributed by atoms with van der Waals surface area (Å²) in [5.74, 6) is 4.67. The minimum Gasteiger partial charge on any atom is -0.468 e. The van der Waals surface area contributed by atoms with Crippen LogP contribution in [0.25, 0.3) is 0 Å². The minimum atomic E-state index is -0.220. The molecule has 0 unspecified atom stereocenters. The second-order valence-corrected chi connectivity index (χ2v) is 5.08. The van der Waals surface area contributed by atoms with Crippen molar-refractivity contribution in [3.05, 3.63) is 0 Å². The molecule has 0 radical (unpaired) electrons. The van der Waals surface area contributed by atoms with Crippen LogP contribution in [0.2, 0.25) is 0 Å². The lowest BCUT2D eigenvalue weighted by Gasteiger charge is -2.07. The van der Waals surface area contributed by atoms with Crippen molar-refractivity contribution >= 4 is 11.9 Å². The Morgan fingerprint density at radius 2 is 1.23 bits per heavy atom. The Kier molecular flexibility index (Phi) is 7.45. The molecular formula is C16H22N2O4. The summed E-state index contributed by atoms with van der Waals surface area (Å²) in [5, 5.41) is 5.96. The Morgan fingerprint density at radius 3 is 1.45 bits per heavy atom. The van der Waals surface area contributed by atoms with Crippen LogP contribution in [0, 0.1) is 24.7 Å². The lowest BCUT2D eigenvalue weighted by molar-refractivity contribution is -0.143. The number of carbonyl (C=O) groups is 2. The highest BCUT2D eigenvalue weighted by molar-refractivity contribution is 5.76. The second kappa shape index (κ2) is 9.09. The summed E-state index contributed by atoms with van der Waals surface area (Å²) >= 11 is 0. The summed E-state index contributed by atoms with van der Waals surface area (Å²) in [4.78, 5) is 21.8. The van der Waals surface area contributed by atoms with E-state index in [-0.39, 0.29) is 36.1 Å². The third-order valence-electron chi connectivity index (χ3n) is 3.67. The van der Waals surface area contributed by atoms with Crippen molar-refractivity contribution in [1.82, 2.24) is 10.6 Å². The van der Waals surface area contributed by atoms with Gasteiger partial charge in [-0.1, -0.05) is 11.8 Å². The van der Waals surface area contributed by atoms with E-state index in [2.05, 4.69) is 31.9 Å². The molecule has 4 atom stereocenters. The zero-order valence-corrected chi connectivity index (χ0v) is 12.9. The molecule has 0 spiro atoms. The van der Waals surface area contributed by atoms with E-state index in [9.17, 15) is 9.59 Å². The average Bonchev–Trinajstić information content (AvgIpc) is 3.22. The summed E-state index contributed by atoms with van der Waals surface area (Å²) in [6.45, 7) is 0. The fourth-order valence-electron chi connectivity index (χ4n) is 2.40. The zero-order chi connectivity index (χ0) is 16.5. The van der Waals surface area contributed by atoms with Crippen LogP contribution >= 0.6 is 0 Å². The summed E-state index contributed by atoms with van der Waals surface area (Å²) in [6.07, 6.45) is 13.6. The van der Waals surface area contributed by atoms with E-state index in [1.807, 2.05) is 0 Å². The molecule has 6 nitrogen and oxygen atoms in total. The average molecular weight is 306 g/mol. The topological polar surface area (TPSA) is 76.7 Å². The van der Waals surface area contributed by atoms with Gasteiger partial charge in [0, 0.05) is 0 Å². The van der Waals surface area contributed by atoms with Gasteiger partial charge in [-0.05, 0) is 25.7 Å². The largest absolute Gasteiger partial charge is 0.468 e. The van der Waals surface area contributed by atoms with E-state index < -0.39 is 0 Å². The molecule has 2 N–H and O–H groups in total. The quantitative estimate of drug-likeness (QED) is 0.545. The first-order valence-electron chi connectivity index (χ1n) is 7.15. The van der Waals surface area contributed by atoms with Crippen LogP contribution < -0.4 is 10.6 Å². The van der Waals surface area contributed by atoms with Gasteiger partial charge in [0.25, 0.3) is 0 Å². The maximum absolute atomic E-state index is 10.9. The van der Waals surface area contributed by atoms with Crippen LogP contribution in [0.4, 0.5) is 0 Å². The predicted molar refractivity (Wildman–Crippen MR) is 81.6 cm³/mol. The van der Waals surface area contributed by atoms with Gasteiger partial charge < -0.3 is 9.47 Å². The first-order chi connectivity index (χ1) is 10.5. The third kappa shape index (κ3) is 5.07. The molecule has 0 saturated carbocycles. The SMILES string of the molecule is C#C[C@@H]1CC[C@@H](C(=O)OC)N1.C#C[C@H]1CC[C@@H](C(=O)OC)N1. The van der Waals surface area contributed by atoms with Crippen LogP contribution in [0.5, 0.6) is 0 Å². The molecule has 0 aliphatic carbocycles. The van der Waals surface area contributed by atoms with E-state index in [0.717, 1.165) is 25.7 Å². The molecule has 6 heteroatoms. The fourth-order valence-corrected chi connectivity index (χ4v) is 2.40. The van der Waals surface area contributed by atoms with E-state index in [1.165, 1.54) is 14.2 Å². The van der Waals surface area contributed by atoms with E-state index >= 15 is 0 Å². The van der Waals surface area contributed by atoms with Crippen molar-refractivity contribution in [3.63, 3.8) is 0 Å². The molecular weight excluding hydrogens is 284 g/mol. The molecule has 0 amide bonds. The molecule has 0 aromatic heterocycles. The molecule has 0 aromatic rings. The normalized spacial score (nSPS) is 29.5. The van der Waals surface area contributed by atoms with Crippen molar-refractivity contribution in [1.29, 1.82) is 0 Å². The third-order valence-corrected chi connectivity index (χ3v) is 3.67. The Morgan fingerprint density at radius 1 is 0.864 bits per heavy atom. The molecule has 2 aliphatic rings. The van der Waals surface area contributed by atoms with Crippen molar-refractivity contribution in [2.24, 2.45) is 0 Å². The van der Waals surface area contributed by atoms with Gasteiger partial charge in [0.2, 0.25) is 0 Å². The summed E-state index contributed by atoms with van der Waals surface area (Å²) in [7, 11) is 2.76. The summed E-state index contributed by atoms with van der Waals surface area (Å²) in [5.41, 5.74) is 0. The lowest BCUT2D eigenvalue weighted by atomic mass is 10.2. The summed E-state index contributed by atoms with van der Waals surface area (Å²) in [6, 6.07) is -0.305.